The van der Waals surface area contributed by atoms with Crippen molar-refractivity contribution in [2.24, 2.45) is 0 Å². The summed E-state index contributed by atoms with van der Waals surface area (Å²) in [6, 6.07) is 12.5. The molecule has 0 heterocycles. The van der Waals surface area contributed by atoms with E-state index >= 15 is 0 Å². The molecule has 1 saturated carbocycles. The largest absolute Gasteiger partial charge is 0.197 e. The van der Waals surface area contributed by atoms with E-state index in [2.05, 4.69) is 12.6 Å². The molecule has 1 aliphatic carbocycles. The van der Waals surface area contributed by atoms with Gasteiger partial charge in [-0.05, 0) is 24.8 Å². The molecule has 1 unspecified atom stereocenters. The minimum atomic E-state index is -0.417. The number of benzene rings is 1. The summed E-state index contributed by atoms with van der Waals surface area (Å²) >= 11 is 0. The summed E-state index contributed by atoms with van der Waals surface area (Å²) in [5, 5.41) is 9.45. The minimum absolute atomic E-state index is 0.417. The van der Waals surface area contributed by atoms with Crippen molar-refractivity contribution in [2.45, 2.75) is 31.1 Å². The fraction of sp³-hybridized carbons (Fsp3) is 0.357. The van der Waals surface area contributed by atoms with Crippen LogP contribution in [0.3, 0.4) is 0 Å². The number of nitriles is 1. The van der Waals surface area contributed by atoms with Crippen LogP contribution in [0.5, 0.6) is 0 Å². The first-order valence-electron chi connectivity index (χ1n) is 5.44. The van der Waals surface area contributed by atoms with Crippen LogP contribution in [0.1, 0.15) is 31.2 Å². The van der Waals surface area contributed by atoms with E-state index in [4.69, 9.17) is 0 Å². The molecule has 1 heteroatoms. The molecule has 0 aromatic heterocycles. The molecule has 0 amide bonds. The van der Waals surface area contributed by atoms with Crippen LogP contribution in [0.15, 0.2) is 42.5 Å². The normalized spacial score (nSPS) is 25.9. The molecule has 1 fully saturated rings. The molecule has 0 saturated heterocycles. The second kappa shape index (κ2) is 3.90. The maximum absolute atomic E-state index is 9.45. The molecule has 1 aliphatic rings. The van der Waals surface area contributed by atoms with Gasteiger partial charge in [-0.15, -0.1) is 0 Å². The highest BCUT2D eigenvalue weighted by Crippen LogP contribution is 2.41. The maximum Gasteiger partial charge on any atom is 0.103 e. The molecule has 0 N–H and O–H groups in total. The van der Waals surface area contributed by atoms with Gasteiger partial charge in [-0.3, -0.25) is 0 Å². The Bertz CT molecular complexity index is 399. The van der Waals surface area contributed by atoms with Gasteiger partial charge in [0.1, 0.15) is 5.41 Å². The fourth-order valence-electron chi connectivity index (χ4n) is 2.39. The number of hydrogen-bond donors (Lipinski definition) is 0. The Kier molecular flexibility index (Phi) is 2.60. The van der Waals surface area contributed by atoms with Crippen LogP contribution < -0.4 is 0 Å². The summed E-state index contributed by atoms with van der Waals surface area (Å²) in [6.07, 6.45) is 4.21. The Labute approximate surface area is 91.0 Å². The molecule has 1 aromatic carbocycles. The van der Waals surface area contributed by atoms with Crippen LogP contribution in [0.4, 0.5) is 0 Å². The predicted octanol–water partition coefficient (Wildman–Crippen LogP) is 3.58. The first kappa shape index (κ1) is 9.98. The van der Waals surface area contributed by atoms with Crippen molar-refractivity contribution in [1.29, 1.82) is 5.26 Å². The summed E-state index contributed by atoms with van der Waals surface area (Å²) in [6.45, 7) is 4.09. The average molecular weight is 197 g/mol. The molecule has 76 valence electrons. The van der Waals surface area contributed by atoms with Crippen molar-refractivity contribution in [2.75, 3.05) is 0 Å². The summed E-state index contributed by atoms with van der Waals surface area (Å²) in [5.41, 5.74) is 1.78. The second-order valence-corrected chi connectivity index (χ2v) is 4.19. The van der Waals surface area contributed by atoms with E-state index < -0.39 is 5.41 Å². The highest BCUT2D eigenvalue weighted by molar-refractivity contribution is 5.43. The average Bonchev–Trinajstić information content (AvgIpc) is 2.31. The van der Waals surface area contributed by atoms with Crippen molar-refractivity contribution in [1.82, 2.24) is 0 Å². The molecule has 0 aliphatic heterocycles. The van der Waals surface area contributed by atoms with E-state index in [-0.39, 0.29) is 0 Å². The Morgan fingerprint density at radius 1 is 1.20 bits per heavy atom. The van der Waals surface area contributed by atoms with Crippen LogP contribution in [0, 0.1) is 11.3 Å². The number of nitrogens with zero attached hydrogens (tertiary/aromatic N) is 1. The lowest BCUT2D eigenvalue weighted by Crippen LogP contribution is -2.29. The summed E-state index contributed by atoms with van der Waals surface area (Å²) in [4.78, 5) is 0. The fourth-order valence-corrected chi connectivity index (χ4v) is 2.39. The third-order valence-corrected chi connectivity index (χ3v) is 3.34. The molecule has 2 rings (SSSR count). The standard InChI is InChI=1S/C14H15N/c1-12-7-5-6-10-14(12,11-15)13-8-3-2-4-9-13/h2-4,8-9H,1,5-7,10H2. The Morgan fingerprint density at radius 3 is 2.53 bits per heavy atom. The van der Waals surface area contributed by atoms with Gasteiger partial charge in [0.15, 0.2) is 0 Å². The topological polar surface area (TPSA) is 23.8 Å². The zero-order valence-electron chi connectivity index (χ0n) is 8.87. The van der Waals surface area contributed by atoms with Gasteiger partial charge in [0, 0.05) is 0 Å². The summed E-state index contributed by atoms with van der Waals surface area (Å²) in [7, 11) is 0. The van der Waals surface area contributed by atoms with Crippen LogP contribution in [-0.2, 0) is 5.41 Å². The first-order chi connectivity index (χ1) is 7.29. The Hall–Kier alpha value is -1.55. The van der Waals surface area contributed by atoms with E-state index in [9.17, 15) is 5.26 Å². The molecule has 0 bridgehead atoms. The van der Waals surface area contributed by atoms with Crippen LogP contribution in [0.25, 0.3) is 0 Å². The van der Waals surface area contributed by atoms with Gasteiger partial charge in [0.25, 0.3) is 0 Å². The molecule has 1 atom stereocenters. The Morgan fingerprint density at radius 2 is 1.93 bits per heavy atom. The molecule has 1 nitrogen and oxygen atoms in total. The lowest BCUT2D eigenvalue weighted by molar-refractivity contribution is 0.465. The van der Waals surface area contributed by atoms with Crippen molar-refractivity contribution < 1.29 is 0 Å². The first-order valence-corrected chi connectivity index (χ1v) is 5.44. The Balaban J connectivity index is 2.46. The van der Waals surface area contributed by atoms with Gasteiger partial charge >= 0.3 is 0 Å². The highest BCUT2D eigenvalue weighted by atomic mass is 14.4. The van der Waals surface area contributed by atoms with E-state index in [1.807, 2.05) is 30.3 Å². The lowest BCUT2D eigenvalue weighted by Gasteiger charge is -2.33. The third kappa shape index (κ3) is 1.57. The zero-order chi connectivity index (χ0) is 10.7. The molecular formula is C14H15N. The van der Waals surface area contributed by atoms with Crippen LogP contribution in [0.2, 0.25) is 0 Å². The van der Waals surface area contributed by atoms with E-state index in [0.29, 0.717) is 0 Å². The van der Waals surface area contributed by atoms with Crippen molar-refractivity contribution in [3.05, 3.63) is 48.0 Å². The minimum Gasteiger partial charge on any atom is -0.197 e. The van der Waals surface area contributed by atoms with Crippen molar-refractivity contribution >= 4 is 0 Å². The number of rotatable bonds is 1. The molecule has 0 radical (unpaired) electrons. The van der Waals surface area contributed by atoms with Gasteiger partial charge in [-0.2, -0.15) is 5.26 Å². The zero-order valence-corrected chi connectivity index (χ0v) is 8.87. The van der Waals surface area contributed by atoms with Gasteiger partial charge in [0.05, 0.1) is 6.07 Å². The van der Waals surface area contributed by atoms with Gasteiger partial charge in [0.2, 0.25) is 0 Å². The van der Waals surface area contributed by atoms with Gasteiger partial charge in [-0.25, -0.2) is 0 Å². The number of hydrogen-bond acceptors (Lipinski definition) is 1. The van der Waals surface area contributed by atoms with Crippen molar-refractivity contribution in [3.63, 3.8) is 0 Å². The predicted molar refractivity (Wildman–Crippen MR) is 61.3 cm³/mol. The van der Waals surface area contributed by atoms with Crippen LogP contribution >= 0.6 is 0 Å². The number of allylic oxidation sites excluding steroid dienone is 1. The smallest absolute Gasteiger partial charge is 0.103 e. The monoisotopic (exact) mass is 197 g/mol. The van der Waals surface area contributed by atoms with E-state index in [0.717, 1.165) is 30.4 Å². The van der Waals surface area contributed by atoms with Gasteiger partial charge < -0.3 is 0 Å². The molecule has 15 heavy (non-hydrogen) atoms. The maximum atomic E-state index is 9.45. The second-order valence-electron chi connectivity index (χ2n) is 4.19. The lowest BCUT2D eigenvalue weighted by atomic mass is 9.68. The molecule has 1 aromatic rings. The van der Waals surface area contributed by atoms with E-state index in [1.165, 1.54) is 6.42 Å². The van der Waals surface area contributed by atoms with Crippen LogP contribution in [-0.4, -0.2) is 0 Å². The third-order valence-electron chi connectivity index (χ3n) is 3.34. The summed E-state index contributed by atoms with van der Waals surface area (Å²) in [5.74, 6) is 0. The SMILES string of the molecule is C=C1CCCCC1(C#N)c1ccccc1. The highest BCUT2D eigenvalue weighted by Gasteiger charge is 2.36. The quantitative estimate of drug-likeness (QED) is 0.631. The molecular weight excluding hydrogens is 182 g/mol. The van der Waals surface area contributed by atoms with E-state index in [1.54, 1.807) is 0 Å². The van der Waals surface area contributed by atoms with Crippen molar-refractivity contribution in [3.8, 4) is 6.07 Å². The molecule has 0 spiro atoms. The summed E-state index contributed by atoms with van der Waals surface area (Å²) < 4.78 is 0. The van der Waals surface area contributed by atoms with Gasteiger partial charge in [-0.1, -0.05) is 48.9 Å².